The maximum Gasteiger partial charge on any atom is 0.257 e. The zero-order chi connectivity index (χ0) is 38.2. The van der Waals surface area contributed by atoms with Crippen molar-refractivity contribution in [1.29, 1.82) is 0 Å². The van der Waals surface area contributed by atoms with Gasteiger partial charge in [0, 0.05) is 44.5 Å². The van der Waals surface area contributed by atoms with E-state index in [-0.39, 0.29) is 42.8 Å². The molecule has 2 N–H and O–H groups in total. The summed E-state index contributed by atoms with van der Waals surface area (Å²) in [6.07, 6.45) is 5.56. The molecule has 0 radical (unpaired) electrons. The average molecular weight is 746 g/mol. The number of unbranched alkanes of at least 4 members (excludes halogenated alkanes) is 2. The number of hydrogen-bond acceptors (Lipinski definition) is 11. The van der Waals surface area contributed by atoms with Crippen LogP contribution in [-0.2, 0) is 14.3 Å². The fourth-order valence-electron chi connectivity index (χ4n) is 7.24. The second-order valence-corrected chi connectivity index (χ2v) is 13.8. The van der Waals surface area contributed by atoms with Crippen molar-refractivity contribution in [1.82, 2.24) is 9.80 Å². The van der Waals surface area contributed by atoms with Crippen LogP contribution in [0.25, 0.3) is 0 Å². The van der Waals surface area contributed by atoms with E-state index in [4.69, 9.17) is 34.2 Å². The van der Waals surface area contributed by atoms with Crippen molar-refractivity contribution in [2.75, 3.05) is 84.9 Å². The minimum atomic E-state index is -0.177. The molecule has 14 heteroatoms. The van der Waals surface area contributed by atoms with Crippen molar-refractivity contribution in [3.8, 4) is 23.0 Å². The summed E-state index contributed by atoms with van der Waals surface area (Å²) in [5, 5.41) is 0. The molecule has 4 heterocycles. The molecule has 2 aromatic rings. The third-order valence-electron chi connectivity index (χ3n) is 9.97. The van der Waals surface area contributed by atoms with E-state index in [0.29, 0.717) is 118 Å². The van der Waals surface area contributed by atoms with Gasteiger partial charge in [0.1, 0.15) is 0 Å². The number of rotatable bonds is 18. The quantitative estimate of drug-likeness (QED) is 0.172. The lowest BCUT2D eigenvalue weighted by molar-refractivity contribution is -0.120. The van der Waals surface area contributed by atoms with Crippen molar-refractivity contribution in [3.63, 3.8) is 0 Å². The van der Waals surface area contributed by atoms with Gasteiger partial charge in [0.25, 0.3) is 11.8 Å². The van der Waals surface area contributed by atoms with E-state index in [1.165, 1.54) is 7.11 Å². The second kappa shape index (κ2) is 17.9. The molecule has 4 aliphatic heterocycles. The van der Waals surface area contributed by atoms with Gasteiger partial charge in [0.15, 0.2) is 23.0 Å². The molecule has 290 valence electrons. The SMILES string of the molecule is C=C1CC2C=Nc3cc(OCCCCCOc4cc5c(cc4OC)C(=O)N4CC(=C)C[C@H]4CN5C(=O)CCOCCOCCN)c(OC)cc3C(=O)N2C1. The lowest BCUT2D eigenvalue weighted by Crippen LogP contribution is -2.42. The Morgan fingerprint density at radius 3 is 2.11 bits per heavy atom. The van der Waals surface area contributed by atoms with Crippen LogP contribution in [0.2, 0.25) is 0 Å². The number of aliphatic imine (C=N–C) groups is 1. The summed E-state index contributed by atoms with van der Waals surface area (Å²) < 4.78 is 34.5. The summed E-state index contributed by atoms with van der Waals surface area (Å²) in [7, 11) is 3.08. The number of carbonyl (C=O) groups excluding carboxylic acids is 3. The van der Waals surface area contributed by atoms with Crippen LogP contribution in [0.3, 0.4) is 0 Å². The van der Waals surface area contributed by atoms with Crippen LogP contribution in [0.15, 0.2) is 53.6 Å². The van der Waals surface area contributed by atoms with E-state index in [1.54, 1.807) is 46.1 Å². The van der Waals surface area contributed by atoms with Gasteiger partial charge >= 0.3 is 0 Å². The first-order valence-corrected chi connectivity index (χ1v) is 18.6. The second-order valence-electron chi connectivity index (χ2n) is 13.8. The van der Waals surface area contributed by atoms with E-state index in [2.05, 4.69) is 18.2 Å². The van der Waals surface area contributed by atoms with Crippen LogP contribution in [0.4, 0.5) is 11.4 Å². The van der Waals surface area contributed by atoms with Gasteiger partial charge in [0.05, 0.1) is 94.9 Å². The van der Waals surface area contributed by atoms with E-state index in [9.17, 15) is 14.4 Å². The topological polar surface area (TPSA) is 155 Å². The first-order valence-electron chi connectivity index (χ1n) is 18.6. The van der Waals surface area contributed by atoms with E-state index in [1.807, 2.05) is 6.21 Å². The number of methoxy groups -OCH3 is 2. The molecule has 2 atom stereocenters. The van der Waals surface area contributed by atoms with Gasteiger partial charge in [0.2, 0.25) is 5.91 Å². The van der Waals surface area contributed by atoms with Crippen LogP contribution >= 0.6 is 0 Å². The Morgan fingerprint density at radius 2 is 1.41 bits per heavy atom. The predicted octanol–water partition coefficient (Wildman–Crippen LogP) is 4.32. The fraction of sp³-hybridized carbons (Fsp3) is 0.500. The van der Waals surface area contributed by atoms with Crippen molar-refractivity contribution >= 4 is 35.3 Å². The van der Waals surface area contributed by atoms with Gasteiger partial charge in [-0.1, -0.05) is 24.3 Å². The Bertz CT molecular complexity index is 1780. The Kier molecular flexibility index (Phi) is 12.9. The molecule has 1 unspecified atom stereocenters. The van der Waals surface area contributed by atoms with E-state index in [0.717, 1.165) is 30.4 Å². The van der Waals surface area contributed by atoms with Gasteiger partial charge in [-0.15, -0.1) is 0 Å². The highest BCUT2D eigenvalue weighted by Crippen LogP contribution is 2.41. The van der Waals surface area contributed by atoms with Crippen molar-refractivity contribution < 1.29 is 42.8 Å². The number of nitrogens with two attached hydrogens (primary N) is 1. The normalized spacial score (nSPS) is 18.9. The summed E-state index contributed by atoms with van der Waals surface area (Å²) in [6, 6.07) is 6.61. The molecule has 0 spiro atoms. The summed E-state index contributed by atoms with van der Waals surface area (Å²) in [5.74, 6) is 1.45. The van der Waals surface area contributed by atoms with E-state index >= 15 is 0 Å². The molecule has 3 amide bonds. The Labute approximate surface area is 316 Å². The van der Waals surface area contributed by atoms with Gasteiger partial charge in [-0.3, -0.25) is 19.4 Å². The van der Waals surface area contributed by atoms with Crippen molar-refractivity contribution in [2.24, 2.45) is 10.7 Å². The molecule has 2 fully saturated rings. The third kappa shape index (κ3) is 8.72. The van der Waals surface area contributed by atoms with Gasteiger partial charge in [-0.05, 0) is 44.2 Å². The monoisotopic (exact) mass is 745 g/mol. The van der Waals surface area contributed by atoms with Crippen LogP contribution in [0, 0.1) is 0 Å². The Morgan fingerprint density at radius 1 is 0.778 bits per heavy atom. The number of carbonyl (C=O) groups is 3. The average Bonchev–Trinajstić information content (AvgIpc) is 3.68. The van der Waals surface area contributed by atoms with Crippen LogP contribution in [0.5, 0.6) is 23.0 Å². The molecular formula is C40H51N5O9. The third-order valence-corrected chi connectivity index (χ3v) is 9.97. The molecule has 2 aromatic carbocycles. The molecule has 0 aromatic heterocycles. The Hall–Kier alpha value is -4.92. The van der Waals surface area contributed by atoms with Crippen molar-refractivity contribution in [3.05, 3.63) is 59.7 Å². The smallest absolute Gasteiger partial charge is 0.257 e. The molecule has 6 rings (SSSR count). The first kappa shape index (κ1) is 38.8. The number of nitrogens with zero attached hydrogens (tertiary/aromatic N) is 4. The molecular weight excluding hydrogens is 694 g/mol. The minimum absolute atomic E-state index is 0.0913. The first-order chi connectivity index (χ1) is 26.2. The van der Waals surface area contributed by atoms with Gasteiger partial charge < -0.3 is 48.9 Å². The highest BCUT2D eigenvalue weighted by Gasteiger charge is 2.40. The predicted molar refractivity (Wildman–Crippen MR) is 204 cm³/mol. The standard InChI is InChI=1S/C40H51N5O9/c1-26-16-28-22-42-32-20-36(34(49-3)18-30(32)39(47)43(28)23-26)53-10-6-5-7-11-54-37-21-33-31(19-35(37)50-4)40(48)44-24-27(2)17-29(44)25-45(33)38(46)8-12-51-14-15-52-13-9-41/h18-22,28-29H,1-2,5-17,23-25,41H2,3-4H3/t28?,29-/m0/s1. The lowest BCUT2D eigenvalue weighted by atomic mass is 10.1. The van der Waals surface area contributed by atoms with E-state index < -0.39 is 0 Å². The number of ether oxygens (including phenoxy) is 6. The minimum Gasteiger partial charge on any atom is -0.493 e. The van der Waals surface area contributed by atoms with Crippen LogP contribution < -0.4 is 29.6 Å². The summed E-state index contributed by atoms with van der Waals surface area (Å²) in [5.41, 5.74) is 9.34. The fourth-order valence-corrected chi connectivity index (χ4v) is 7.24. The molecule has 0 bridgehead atoms. The van der Waals surface area contributed by atoms with Gasteiger partial charge in [-0.25, -0.2) is 0 Å². The molecule has 14 nitrogen and oxygen atoms in total. The molecule has 2 saturated heterocycles. The van der Waals surface area contributed by atoms with Crippen LogP contribution in [0.1, 0.15) is 59.2 Å². The summed E-state index contributed by atoms with van der Waals surface area (Å²) >= 11 is 0. The summed E-state index contributed by atoms with van der Waals surface area (Å²) in [4.78, 5) is 50.6. The number of hydrogen-bond donors (Lipinski definition) is 1. The number of fused-ring (bicyclic) bond motifs is 4. The molecule has 54 heavy (non-hydrogen) atoms. The summed E-state index contributed by atoms with van der Waals surface area (Å²) in [6.45, 7) is 12.1. The lowest BCUT2D eigenvalue weighted by Gasteiger charge is -2.26. The largest absolute Gasteiger partial charge is 0.493 e. The zero-order valence-electron chi connectivity index (χ0n) is 31.3. The number of amides is 3. The van der Waals surface area contributed by atoms with Crippen LogP contribution in [-0.4, -0.2) is 126 Å². The Balaban J connectivity index is 1.05. The van der Waals surface area contributed by atoms with Gasteiger partial charge in [-0.2, -0.15) is 0 Å². The highest BCUT2D eigenvalue weighted by molar-refractivity contribution is 6.07. The maximum absolute atomic E-state index is 13.8. The maximum atomic E-state index is 13.8. The number of benzene rings is 2. The number of anilines is 1. The zero-order valence-corrected chi connectivity index (χ0v) is 31.3. The molecule has 0 saturated carbocycles. The van der Waals surface area contributed by atoms with Crippen molar-refractivity contribution in [2.45, 2.75) is 50.6 Å². The highest BCUT2D eigenvalue weighted by atomic mass is 16.5. The molecule has 0 aliphatic carbocycles. The molecule has 4 aliphatic rings.